The smallest absolute Gasteiger partial charge is 0.128 e. The van der Waals surface area contributed by atoms with Crippen LogP contribution in [-0.2, 0) is 10.8 Å². The molecule has 94 valence electrons. The maximum absolute atomic E-state index is 11.2. The van der Waals surface area contributed by atoms with Gasteiger partial charge in [0.05, 0.1) is 11.9 Å². The Morgan fingerprint density at radius 2 is 2.06 bits per heavy atom. The van der Waals surface area contributed by atoms with Crippen molar-refractivity contribution in [3.8, 4) is 0 Å². The maximum atomic E-state index is 11.2. The number of anilines is 2. The quantitative estimate of drug-likeness (QED) is 0.886. The van der Waals surface area contributed by atoms with Crippen molar-refractivity contribution >= 4 is 22.3 Å². The highest BCUT2D eigenvalue weighted by Gasteiger charge is 2.17. The fourth-order valence-electron chi connectivity index (χ4n) is 1.91. The minimum Gasteiger partial charge on any atom is -0.381 e. The highest BCUT2D eigenvalue weighted by Crippen LogP contribution is 2.17. The largest absolute Gasteiger partial charge is 0.381 e. The molecule has 0 spiro atoms. The summed E-state index contributed by atoms with van der Waals surface area (Å²) >= 11 is 0. The second kappa shape index (κ2) is 5.49. The molecular weight excluding hydrogens is 234 g/mol. The van der Waals surface area contributed by atoms with Gasteiger partial charge in [-0.25, -0.2) is 4.98 Å². The van der Waals surface area contributed by atoms with E-state index in [2.05, 4.69) is 10.3 Å². The van der Waals surface area contributed by atoms with Crippen molar-refractivity contribution in [2.45, 2.75) is 18.9 Å². The molecule has 0 aromatic carbocycles. The summed E-state index contributed by atoms with van der Waals surface area (Å²) in [6, 6.07) is 4.50. The highest BCUT2D eigenvalue weighted by molar-refractivity contribution is 7.85. The van der Waals surface area contributed by atoms with Crippen LogP contribution in [0.25, 0.3) is 0 Å². The van der Waals surface area contributed by atoms with Gasteiger partial charge in [0.1, 0.15) is 5.82 Å². The van der Waals surface area contributed by atoms with Crippen LogP contribution in [0, 0.1) is 0 Å². The average molecular weight is 253 g/mol. The Kier molecular flexibility index (Phi) is 3.99. The van der Waals surface area contributed by atoms with E-state index in [4.69, 9.17) is 0 Å². The summed E-state index contributed by atoms with van der Waals surface area (Å²) in [7, 11) is 3.37. The molecule has 0 atom stereocenters. The first-order valence-electron chi connectivity index (χ1n) is 5.90. The lowest BCUT2D eigenvalue weighted by atomic mass is 10.1. The second-order valence-electron chi connectivity index (χ2n) is 4.57. The molecule has 1 aromatic heterocycles. The van der Waals surface area contributed by atoms with Gasteiger partial charge >= 0.3 is 0 Å². The Hall–Kier alpha value is -1.10. The summed E-state index contributed by atoms with van der Waals surface area (Å²) in [5.41, 5.74) is 1.05. The molecule has 0 aliphatic carbocycles. The molecule has 0 saturated carbocycles. The van der Waals surface area contributed by atoms with E-state index in [1.54, 1.807) is 0 Å². The third-order valence-electron chi connectivity index (χ3n) is 2.96. The molecule has 2 heterocycles. The molecule has 0 bridgehead atoms. The summed E-state index contributed by atoms with van der Waals surface area (Å²) < 4.78 is 11.2. The SMILES string of the molecule is CN(C)c1ccc(NC2CCS(=O)CC2)cn1. The second-order valence-corrected chi connectivity index (χ2v) is 6.26. The lowest BCUT2D eigenvalue weighted by Crippen LogP contribution is -2.29. The molecule has 1 N–H and O–H groups in total. The molecule has 0 radical (unpaired) electrons. The van der Waals surface area contributed by atoms with Crippen LogP contribution in [0.15, 0.2) is 18.3 Å². The summed E-state index contributed by atoms with van der Waals surface area (Å²) in [6.07, 6.45) is 3.84. The highest BCUT2D eigenvalue weighted by atomic mass is 32.2. The van der Waals surface area contributed by atoms with Gasteiger partial charge in [-0.05, 0) is 25.0 Å². The minimum atomic E-state index is -0.591. The third kappa shape index (κ3) is 3.43. The standard InChI is InChI=1S/C12H19N3OS/c1-15(2)12-4-3-11(9-13-12)14-10-5-7-17(16)8-6-10/h3-4,9-10,14H,5-8H2,1-2H3. The van der Waals surface area contributed by atoms with Crippen molar-refractivity contribution in [3.05, 3.63) is 18.3 Å². The van der Waals surface area contributed by atoms with E-state index < -0.39 is 10.8 Å². The first kappa shape index (κ1) is 12.4. The Morgan fingerprint density at radius 1 is 1.35 bits per heavy atom. The van der Waals surface area contributed by atoms with E-state index in [9.17, 15) is 4.21 Å². The normalized spacial score (nSPS) is 24.4. The van der Waals surface area contributed by atoms with Crippen molar-refractivity contribution in [2.75, 3.05) is 35.8 Å². The lowest BCUT2D eigenvalue weighted by molar-refractivity contribution is 0.624. The van der Waals surface area contributed by atoms with Crippen LogP contribution in [0.2, 0.25) is 0 Å². The first-order valence-corrected chi connectivity index (χ1v) is 7.39. The number of pyridine rings is 1. The fourth-order valence-corrected chi connectivity index (χ4v) is 3.21. The van der Waals surface area contributed by atoms with E-state index in [-0.39, 0.29) is 0 Å². The van der Waals surface area contributed by atoms with Gasteiger partial charge in [-0.3, -0.25) is 4.21 Å². The summed E-state index contributed by atoms with van der Waals surface area (Å²) in [6.45, 7) is 0. The van der Waals surface area contributed by atoms with E-state index in [0.29, 0.717) is 6.04 Å². The number of nitrogens with one attached hydrogen (secondary N) is 1. The Balaban J connectivity index is 1.92. The van der Waals surface area contributed by atoms with Gasteiger partial charge in [0.2, 0.25) is 0 Å². The monoisotopic (exact) mass is 253 g/mol. The van der Waals surface area contributed by atoms with E-state index in [1.165, 1.54) is 0 Å². The molecule has 5 heteroatoms. The Labute approximate surface area is 105 Å². The van der Waals surface area contributed by atoms with Gasteiger partial charge in [0.25, 0.3) is 0 Å². The van der Waals surface area contributed by atoms with Crippen LogP contribution in [0.1, 0.15) is 12.8 Å². The van der Waals surface area contributed by atoms with Crippen LogP contribution in [0.3, 0.4) is 0 Å². The summed E-state index contributed by atoms with van der Waals surface area (Å²) in [5.74, 6) is 2.60. The molecule has 1 saturated heterocycles. The topological polar surface area (TPSA) is 45.2 Å². The molecular formula is C12H19N3OS. The molecule has 0 unspecified atom stereocenters. The zero-order valence-corrected chi connectivity index (χ0v) is 11.2. The Bertz CT molecular complexity index is 381. The summed E-state index contributed by atoms with van der Waals surface area (Å²) in [5, 5.41) is 3.45. The number of hydrogen-bond acceptors (Lipinski definition) is 4. The van der Waals surface area contributed by atoms with Crippen LogP contribution in [0.4, 0.5) is 11.5 Å². The van der Waals surface area contributed by atoms with E-state index in [0.717, 1.165) is 35.9 Å². The summed E-state index contributed by atoms with van der Waals surface area (Å²) in [4.78, 5) is 6.34. The molecule has 4 nitrogen and oxygen atoms in total. The fraction of sp³-hybridized carbons (Fsp3) is 0.583. The van der Waals surface area contributed by atoms with Gasteiger partial charge in [-0.1, -0.05) is 0 Å². The van der Waals surface area contributed by atoms with Gasteiger partial charge in [-0.2, -0.15) is 0 Å². The lowest BCUT2D eigenvalue weighted by Gasteiger charge is -2.23. The average Bonchev–Trinajstić information content (AvgIpc) is 2.33. The van der Waals surface area contributed by atoms with E-state index >= 15 is 0 Å². The predicted molar refractivity (Wildman–Crippen MR) is 73.1 cm³/mol. The predicted octanol–water partition coefficient (Wildman–Crippen LogP) is 1.47. The number of nitrogens with zero attached hydrogens (tertiary/aromatic N) is 2. The molecule has 1 aliphatic rings. The first-order chi connectivity index (χ1) is 8.15. The zero-order valence-electron chi connectivity index (χ0n) is 10.3. The van der Waals surface area contributed by atoms with Gasteiger partial charge in [0.15, 0.2) is 0 Å². The number of rotatable bonds is 3. The molecule has 2 rings (SSSR count). The van der Waals surface area contributed by atoms with Crippen LogP contribution in [0.5, 0.6) is 0 Å². The van der Waals surface area contributed by atoms with Crippen molar-refractivity contribution in [2.24, 2.45) is 0 Å². The third-order valence-corrected chi connectivity index (χ3v) is 4.35. The molecule has 17 heavy (non-hydrogen) atoms. The maximum Gasteiger partial charge on any atom is 0.128 e. The van der Waals surface area contributed by atoms with Crippen molar-refractivity contribution in [3.63, 3.8) is 0 Å². The van der Waals surface area contributed by atoms with Crippen molar-refractivity contribution in [1.82, 2.24) is 4.98 Å². The van der Waals surface area contributed by atoms with Gasteiger partial charge in [-0.15, -0.1) is 0 Å². The number of aromatic nitrogens is 1. The Morgan fingerprint density at radius 3 is 2.59 bits per heavy atom. The minimum absolute atomic E-state index is 0.444. The molecule has 1 fully saturated rings. The zero-order chi connectivity index (χ0) is 12.3. The van der Waals surface area contributed by atoms with Gasteiger partial charge in [0, 0.05) is 42.4 Å². The van der Waals surface area contributed by atoms with Crippen LogP contribution < -0.4 is 10.2 Å². The number of hydrogen-bond donors (Lipinski definition) is 1. The van der Waals surface area contributed by atoms with Crippen LogP contribution >= 0.6 is 0 Å². The molecule has 1 aliphatic heterocycles. The van der Waals surface area contributed by atoms with Crippen molar-refractivity contribution in [1.29, 1.82) is 0 Å². The van der Waals surface area contributed by atoms with E-state index in [1.807, 2.05) is 37.3 Å². The van der Waals surface area contributed by atoms with Crippen LogP contribution in [-0.4, -0.2) is 40.8 Å². The van der Waals surface area contributed by atoms with Gasteiger partial charge < -0.3 is 10.2 Å². The molecule has 0 amide bonds. The molecule has 1 aromatic rings. The van der Waals surface area contributed by atoms with Crippen molar-refractivity contribution < 1.29 is 4.21 Å².